The molecule has 0 radical (unpaired) electrons. The Morgan fingerprint density at radius 3 is 3.00 bits per heavy atom. The first kappa shape index (κ1) is 13.7. The van der Waals surface area contributed by atoms with Crippen LogP contribution in [0.15, 0.2) is 21.6 Å². The molecule has 1 saturated heterocycles. The summed E-state index contributed by atoms with van der Waals surface area (Å²) in [5, 5.41) is 3.68. The molecule has 0 unspecified atom stereocenters. The van der Waals surface area contributed by atoms with Gasteiger partial charge in [-0.1, -0.05) is 12.1 Å². The summed E-state index contributed by atoms with van der Waals surface area (Å²) < 4.78 is 37.1. The molecule has 112 valence electrons. The Bertz CT molecular complexity index is 641. The molecule has 1 aliphatic rings. The van der Waals surface area contributed by atoms with E-state index in [9.17, 15) is 13.6 Å². The zero-order valence-electron chi connectivity index (χ0n) is 11.1. The highest BCUT2D eigenvalue weighted by atomic mass is 19.3. The Balaban J connectivity index is 1.91. The van der Waals surface area contributed by atoms with Gasteiger partial charge in [0.05, 0.1) is 6.54 Å². The van der Waals surface area contributed by atoms with Gasteiger partial charge in [-0.15, -0.1) is 0 Å². The molecule has 0 saturated carbocycles. The summed E-state index contributed by atoms with van der Waals surface area (Å²) in [5.74, 6) is -3.23. The number of oxazole rings is 1. The zero-order chi connectivity index (χ0) is 15.0. The molecule has 1 fully saturated rings. The quantitative estimate of drug-likeness (QED) is 0.859. The van der Waals surface area contributed by atoms with Gasteiger partial charge in [-0.2, -0.15) is 4.98 Å². The van der Waals surface area contributed by atoms with E-state index >= 15 is 0 Å². The van der Waals surface area contributed by atoms with Crippen molar-refractivity contribution in [3.8, 4) is 0 Å². The molecule has 0 bridgehead atoms. The third-order valence-electron chi connectivity index (χ3n) is 3.27. The van der Waals surface area contributed by atoms with Gasteiger partial charge in [0.1, 0.15) is 12.3 Å². The highest BCUT2D eigenvalue weighted by molar-refractivity contribution is 5.92. The number of carbonyl (C=O) groups is 1. The molecule has 3 rings (SSSR count). The predicted molar refractivity (Wildman–Crippen MR) is 63.5 cm³/mol. The van der Waals surface area contributed by atoms with Crippen LogP contribution < -0.4 is 0 Å². The van der Waals surface area contributed by atoms with E-state index in [2.05, 4.69) is 15.1 Å². The number of likely N-dealkylation sites (tertiary alicyclic amines) is 1. The molecule has 0 spiro atoms. The molecular formula is C12H12F2N4O3. The molecule has 0 aromatic carbocycles. The number of amides is 1. The van der Waals surface area contributed by atoms with Gasteiger partial charge >= 0.3 is 0 Å². The van der Waals surface area contributed by atoms with Gasteiger partial charge in [0.15, 0.2) is 17.9 Å². The minimum atomic E-state index is -3.01. The number of hydrogen-bond donors (Lipinski definition) is 0. The molecule has 1 atom stereocenters. The van der Waals surface area contributed by atoms with Crippen molar-refractivity contribution >= 4 is 5.91 Å². The van der Waals surface area contributed by atoms with Crippen LogP contribution in [0.4, 0.5) is 8.78 Å². The molecule has 2 aromatic heterocycles. The zero-order valence-corrected chi connectivity index (χ0v) is 11.1. The van der Waals surface area contributed by atoms with Gasteiger partial charge in [0.25, 0.3) is 11.8 Å². The second-order valence-corrected chi connectivity index (χ2v) is 4.79. The Kier molecular flexibility index (Phi) is 3.19. The molecule has 0 aliphatic carbocycles. The van der Waals surface area contributed by atoms with Gasteiger partial charge < -0.3 is 13.8 Å². The number of aryl methyl sites for hydroxylation is 1. The van der Waals surface area contributed by atoms with Crippen LogP contribution in [0.2, 0.25) is 0 Å². The second kappa shape index (κ2) is 4.90. The SMILES string of the molecule is CCc1noc([C@@H]2CC(F)(F)CN2C(=O)c2cocn2)n1. The molecule has 2 aromatic rings. The normalized spacial score (nSPS) is 20.9. The van der Waals surface area contributed by atoms with E-state index in [1.807, 2.05) is 6.92 Å². The maximum Gasteiger partial charge on any atom is 0.276 e. The fourth-order valence-corrected chi connectivity index (χ4v) is 2.26. The lowest BCUT2D eigenvalue weighted by Gasteiger charge is -2.19. The van der Waals surface area contributed by atoms with Crippen molar-refractivity contribution in [2.24, 2.45) is 0 Å². The monoisotopic (exact) mass is 298 g/mol. The van der Waals surface area contributed by atoms with Crippen molar-refractivity contribution in [2.75, 3.05) is 6.54 Å². The van der Waals surface area contributed by atoms with Crippen molar-refractivity contribution in [1.82, 2.24) is 20.0 Å². The van der Waals surface area contributed by atoms with Crippen molar-refractivity contribution in [1.29, 1.82) is 0 Å². The van der Waals surface area contributed by atoms with Crippen LogP contribution in [0.25, 0.3) is 0 Å². The van der Waals surface area contributed by atoms with Gasteiger partial charge in [-0.05, 0) is 0 Å². The standard InChI is InChI=1S/C12H12F2N4O3/c1-2-9-16-10(21-17-9)8-3-12(13,14)5-18(8)11(19)7-4-20-6-15-7/h4,6,8H,2-3,5H2,1H3/t8-/m0/s1. The smallest absolute Gasteiger partial charge is 0.276 e. The summed E-state index contributed by atoms with van der Waals surface area (Å²) in [6, 6.07) is -0.961. The van der Waals surface area contributed by atoms with Crippen LogP contribution in [-0.4, -0.2) is 38.4 Å². The van der Waals surface area contributed by atoms with Crippen LogP contribution in [0.3, 0.4) is 0 Å². The molecule has 1 amide bonds. The summed E-state index contributed by atoms with van der Waals surface area (Å²) in [4.78, 5) is 21.0. The van der Waals surface area contributed by atoms with Crippen molar-refractivity contribution in [3.05, 3.63) is 30.1 Å². The van der Waals surface area contributed by atoms with Gasteiger partial charge in [-0.25, -0.2) is 13.8 Å². The summed E-state index contributed by atoms with van der Waals surface area (Å²) in [5.41, 5.74) is -0.0343. The summed E-state index contributed by atoms with van der Waals surface area (Å²) >= 11 is 0. The second-order valence-electron chi connectivity index (χ2n) is 4.79. The first-order valence-corrected chi connectivity index (χ1v) is 6.39. The fraction of sp³-hybridized carbons (Fsp3) is 0.500. The number of halogens is 2. The first-order chi connectivity index (χ1) is 10.00. The highest BCUT2D eigenvalue weighted by Crippen LogP contribution is 2.41. The van der Waals surface area contributed by atoms with Crippen molar-refractivity contribution < 1.29 is 22.5 Å². The fourth-order valence-electron chi connectivity index (χ4n) is 2.26. The van der Waals surface area contributed by atoms with E-state index in [1.54, 1.807) is 0 Å². The predicted octanol–water partition coefficient (Wildman–Crippen LogP) is 1.84. The van der Waals surface area contributed by atoms with Gasteiger partial charge in [-0.3, -0.25) is 4.79 Å². The van der Waals surface area contributed by atoms with Crippen LogP contribution in [0.1, 0.15) is 41.6 Å². The number of rotatable bonds is 3. The van der Waals surface area contributed by atoms with Crippen molar-refractivity contribution in [2.45, 2.75) is 31.7 Å². The van der Waals surface area contributed by atoms with Crippen molar-refractivity contribution in [3.63, 3.8) is 0 Å². The topological polar surface area (TPSA) is 85.3 Å². The molecule has 1 aliphatic heterocycles. The number of nitrogens with zero attached hydrogens (tertiary/aromatic N) is 4. The Morgan fingerprint density at radius 2 is 2.38 bits per heavy atom. The maximum atomic E-state index is 13.7. The minimum Gasteiger partial charge on any atom is -0.451 e. The average Bonchev–Trinajstić information content (AvgIpc) is 3.16. The molecule has 9 heteroatoms. The Labute approximate surface area is 117 Å². The average molecular weight is 298 g/mol. The van der Waals surface area contributed by atoms with E-state index in [0.717, 1.165) is 17.6 Å². The summed E-state index contributed by atoms with van der Waals surface area (Å²) in [7, 11) is 0. The van der Waals surface area contributed by atoms with E-state index < -0.39 is 30.8 Å². The van der Waals surface area contributed by atoms with Gasteiger partial charge in [0.2, 0.25) is 5.89 Å². The van der Waals surface area contributed by atoms with Crippen LogP contribution >= 0.6 is 0 Å². The largest absolute Gasteiger partial charge is 0.451 e. The number of alkyl halides is 2. The highest BCUT2D eigenvalue weighted by Gasteiger charge is 2.50. The molecular weight excluding hydrogens is 286 g/mol. The number of aromatic nitrogens is 3. The van der Waals surface area contributed by atoms with E-state index in [4.69, 9.17) is 8.94 Å². The maximum absolute atomic E-state index is 13.7. The summed E-state index contributed by atoms with van der Waals surface area (Å²) in [6.45, 7) is 1.10. The Morgan fingerprint density at radius 1 is 1.57 bits per heavy atom. The first-order valence-electron chi connectivity index (χ1n) is 6.39. The lowest BCUT2D eigenvalue weighted by atomic mass is 10.2. The molecule has 0 N–H and O–H groups in total. The van der Waals surface area contributed by atoms with E-state index in [-0.39, 0.29) is 11.6 Å². The van der Waals surface area contributed by atoms with E-state index in [1.165, 1.54) is 0 Å². The number of hydrogen-bond acceptors (Lipinski definition) is 6. The number of carbonyl (C=O) groups excluding carboxylic acids is 1. The van der Waals surface area contributed by atoms with Crippen LogP contribution in [-0.2, 0) is 6.42 Å². The molecule has 21 heavy (non-hydrogen) atoms. The van der Waals surface area contributed by atoms with Crippen LogP contribution in [0.5, 0.6) is 0 Å². The minimum absolute atomic E-state index is 0.0147. The molecule has 7 nitrogen and oxygen atoms in total. The van der Waals surface area contributed by atoms with E-state index in [0.29, 0.717) is 12.2 Å². The molecule has 3 heterocycles. The van der Waals surface area contributed by atoms with Crippen LogP contribution in [0, 0.1) is 0 Å². The lowest BCUT2D eigenvalue weighted by Crippen LogP contribution is -2.33. The third kappa shape index (κ3) is 2.50. The summed E-state index contributed by atoms with van der Waals surface area (Å²) in [6.07, 6.45) is 2.14. The Hall–Kier alpha value is -2.32. The lowest BCUT2D eigenvalue weighted by molar-refractivity contribution is 0.0116. The van der Waals surface area contributed by atoms with Gasteiger partial charge in [0, 0.05) is 12.8 Å². The third-order valence-corrected chi connectivity index (χ3v) is 3.27.